The Labute approximate surface area is 77.1 Å². The fourth-order valence-corrected chi connectivity index (χ4v) is 3.20. The summed E-state index contributed by atoms with van der Waals surface area (Å²) in [6.07, 6.45) is 1.47. The van der Waals surface area contributed by atoms with Crippen molar-refractivity contribution in [2.24, 2.45) is 23.2 Å². The van der Waals surface area contributed by atoms with Crippen molar-refractivity contribution >= 4 is 11.8 Å². The Morgan fingerprint density at radius 1 is 1.69 bits per heavy atom. The van der Waals surface area contributed by atoms with Crippen LogP contribution in [0, 0.1) is 23.2 Å². The van der Waals surface area contributed by atoms with Crippen LogP contribution in [0.5, 0.6) is 0 Å². The second kappa shape index (κ2) is 2.34. The number of hydrogen-bond donors (Lipinski definition) is 1. The van der Waals surface area contributed by atoms with E-state index < -0.39 is 11.4 Å². The number of Topliss-reactive ketones (excluding diaryl/α,β-unsaturated/α-hetero) is 1. The zero-order valence-corrected chi connectivity index (χ0v) is 7.91. The summed E-state index contributed by atoms with van der Waals surface area (Å²) in [7, 11) is 0. The molecule has 3 nitrogen and oxygen atoms in total. The molecule has 0 aliphatic heterocycles. The number of carboxylic acids is 1. The predicted molar refractivity (Wildman–Crippen MR) is 46.1 cm³/mol. The van der Waals surface area contributed by atoms with Crippen molar-refractivity contribution < 1.29 is 14.7 Å². The molecule has 0 aromatic rings. The lowest BCUT2D eigenvalue weighted by Gasteiger charge is -2.12. The van der Waals surface area contributed by atoms with Gasteiger partial charge in [0.15, 0.2) is 0 Å². The maximum Gasteiger partial charge on any atom is 0.307 e. The molecule has 2 rings (SSSR count). The van der Waals surface area contributed by atoms with E-state index in [0.717, 1.165) is 6.42 Å². The highest BCUT2D eigenvalue weighted by atomic mass is 16.4. The van der Waals surface area contributed by atoms with E-state index >= 15 is 0 Å². The smallest absolute Gasteiger partial charge is 0.307 e. The SMILES string of the molecule is CCC12C(=O)C(C)CC1C2C(=O)O. The van der Waals surface area contributed by atoms with Gasteiger partial charge < -0.3 is 5.11 Å². The molecule has 2 fully saturated rings. The number of hydrogen-bond acceptors (Lipinski definition) is 2. The van der Waals surface area contributed by atoms with Crippen molar-refractivity contribution in [3.8, 4) is 0 Å². The van der Waals surface area contributed by atoms with Gasteiger partial charge in [0.1, 0.15) is 5.78 Å². The predicted octanol–water partition coefficient (Wildman–Crippen LogP) is 1.32. The Bertz CT molecular complexity index is 284. The third-order valence-electron chi connectivity index (χ3n) is 3.87. The molecule has 0 radical (unpaired) electrons. The standard InChI is InChI=1S/C10H14O3/c1-3-10-6(7(10)9(12)13)4-5(2)8(10)11/h5-7H,3-4H2,1-2H3,(H,12,13). The van der Waals surface area contributed by atoms with E-state index in [0.29, 0.717) is 6.42 Å². The molecule has 0 amide bonds. The molecule has 0 saturated heterocycles. The van der Waals surface area contributed by atoms with Crippen molar-refractivity contribution in [2.45, 2.75) is 26.7 Å². The maximum absolute atomic E-state index is 11.8. The molecule has 0 bridgehead atoms. The summed E-state index contributed by atoms with van der Waals surface area (Å²) in [6, 6.07) is 0. The van der Waals surface area contributed by atoms with Crippen LogP contribution in [0.2, 0.25) is 0 Å². The average molecular weight is 182 g/mol. The average Bonchev–Trinajstić information content (AvgIpc) is 2.65. The highest BCUT2D eigenvalue weighted by Crippen LogP contribution is 2.69. The van der Waals surface area contributed by atoms with Crippen LogP contribution in [0.25, 0.3) is 0 Å². The third-order valence-corrected chi connectivity index (χ3v) is 3.87. The lowest BCUT2D eigenvalue weighted by Crippen LogP contribution is -2.23. The van der Waals surface area contributed by atoms with Gasteiger partial charge in [-0.25, -0.2) is 0 Å². The van der Waals surface area contributed by atoms with E-state index in [1.807, 2.05) is 13.8 Å². The van der Waals surface area contributed by atoms with Gasteiger partial charge >= 0.3 is 5.97 Å². The number of fused-ring (bicyclic) bond motifs is 1. The summed E-state index contributed by atoms with van der Waals surface area (Å²) in [5.41, 5.74) is -0.467. The van der Waals surface area contributed by atoms with Crippen molar-refractivity contribution in [2.75, 3.05) is 0 Å². The quantitative estimate of drug-likeness (QED) is 0.700. The van der Waals surface area contributed by atoms with Gasteiger partial charge in [0.05, 0.1) is 5.92 Å². The van der Waals surface area contributed by atoms with Crippen LogP contribution in [-0.2, 0) is 9.59 Å². The van der Waals surface area contributed by atoms with Gasteiger partial charge in [-0.2, -0.15) is 0 Å². The zero-order chi connectivity index (χ0) is 9.80. The molecule has 2 aliphatic carbocycles. The van der Waals surface area contributed by atoms with Gasteiger partial charge in [-0.1, -0.05) is 13.8 Å². The van der Waals surface area contributed by atoms with Crippen LogP contribution in [0.1, 0.15) is 26.7 Å². The Morgan fingerprint density at radius 3 is 2.69 bits per heavy atom. The lowest BCUT2D eigenvalue weighted by atomic mass is 9.90. The van der Waals surface area contributed by atoms with E-state index in [4.69, 9.17) is 5.11 Å². The first-order valence-corrected chi connectivity index (χ1v) is 4.82. The van der Waals surface area contributed by atoms with Gasteiger partial charge in [0.2, 0.25) is 0 Å². The zero-order valence-electron chi connectivity index (χ0n) is 7.91. The number of carbonyl (C=O) groups is 2. The number of aliphatic carboxylic acids is 1. The Balaban J connectivity index is 2.28. The van der Waals surface area contributed by atoms with E-state index in [1.165, 1.54) is 0 Å². The maximum atomic E-state index is 11.8. The normalized spacial score (nSPS) is 47.5. The molecular weight excluding hydrogens is 168 g/mol. The van der Waals surface area contributed by atoms with Crippen molar-refractivity contribution in [3.63, 3.8) is 0 Å². The fourth-order valence-electron chi connectivity index (χ4n) is 3.20. The van der Waals surface area contributed by atoms with Crippen molar-refractivity contribution in [3.05, 3.63) is 0 Å². The topological polar surface area (TPSA) is 54.4 Å². The molecule has 72 valence electrons. The van der Waals surface area contributed by atoms with E-state index in [1.54, 1.807) is 0 Å². The Hall–Kier alpha value is -0.860. The summed E-state index contributed by atoms with van der Waals surface area (Å²) in [5.74, 6) is -0.751. The fraction of sp³-hybridized carbons (Fsp3) is 0.800. The lowest BCUT2D eigenvalue weighted by molar-refractivity contribution is -0.142. The second-order valence-corrected chi connectivity index (χ2v) is 4.32. The van der Waals surface area contributed by atoms with Crippen LogP contribution >= 0.6 is 0 Å². The van der Waals surface area contributed by atoms with Crippen LogP contribution in [-0.4, -0.2) is 16.9 Å². The summed E-state index contributed by atoms with van der Waals surface area (Å²) < 4.78 is 0. The summed E-state index contributed by atoms with van der Waals surface area (Å²) in [5, 5.41) is 8.91. The number of carboxylic acid groups (broad SMARTS) is 1. The van der Waals surface area contributed by atoms with E-state index in [9.17, 15) is 9.59 Å². The molecule has 2 aliphatic rings. The number of carbonyl (C=O) groups excluding carboxylic acids is 1. The largest absolute Gasteiger partial charge is 0.481 e. The first-order valence-electron chi connectivity index (χ1n) is 4.82. The molecular formula is C10H14O3. The molecule has 0 aromatic carbocycles. The first-order chi connectivity index (χ1) is 6.05. The minimum absolute atomic E-state index is 0.0838. The third kappa shape index (κ3) is 0.798. The minimum Gasteiger partial charge on any atom is -0.481 e. The number of ketones is 1. The molecule has 4 unspecified atom stereocenters. The van der Waals surface area contributed by atoms with Crippen LogP contribution in [0.15, 0.2) is 0 Å². The molecule has 0 spiro atoms. The summed E-state index contributed by atoms with van der Waals surface area (Å²) in [4.78, 5) is 22.6. The molecule has 1 N–H and O–H groups in total. The van der Waals surface area contributed by atoms with Gasteiger partial charge in [0.25, 0.3) is 0 Å². The Kier molecular flexibility index (Phi) is 1.57. The molecule has 2 saturated carbocycles. The number of rotatable bonds is 2. The first kappa shape index (κ1) is 8.73. The van der Waals surface area contributed by atoms with Crippen LogP contribution in [0.3, 0.4) is 0 Å². The summed E-state index contributed by atoms with van der Waals surface area (Å²) >= 11 is 0. The Morgan fingerprint density at radius 2 is 2.31 bits per heavy atom. The molecule has 0 aromatic heterocycles. The van der Waals surface area contributed by atoms with E-state index in [2.05, 4.69) is 0 Å². The molecule has 0 heterocycles. The molecule has 3 heteroatoms. The molecule has 4 atom stereocenters. The second-order valence-electron chi connectivity index (χ2n) is 4.32. The summed E-state index contributed by atoms with van der Waals surface area (Å²) in [6.45, 7) is 3.83. The molecule has 13 heavy (non-hydrogen) atoms. The monoisotopic (exact) mass is 182 g/mol. The van der Waals surface area contributed by atoms with Crippen molar-refractivity contribution in [1.82, 2.24) is 0 Å². The van der Waals surface area contributed by atoms with Gasteiger partial charge in [-0.3, -0.25) is 9.59 Å². The van der Waals surface area contributed by atoms with Crippen molar-refractivity contribution in [1.29, 1.82) is 0 Å². The van der Waals surface area contributed by atoms with Crippen LogP contribution < -0.4 is 0 Å². The van der Waals surface area contributed by atoms with Crippen LogP contribution in [0.4, 0.5) is 0 Å². The van der Waals surface area contributed by atoms with Gasteiger partial charge in [-0.15, -0.1) is 0 Å². The highest BCUT2D eigenvalue weighted by molar-refractivity contribution is 5.99. The van der Waals surface area contributed by atoms with Gasteiger partial charge in [-0.05, 0) is 18.8 Å². The highest BCUT2D eigenvalue weighted by Gasteiger charge is 2.75. The minimum atomic E-state index is -0.785. The van der Waals surface area contributed by atoms with Gasteiger partial charge in [0, 0.05) is 11.3 Å². The van der Waals surface area contributed by atoms with E-state index in [-0.39, 0.29) is 23.5 Å².